The number of nitrogens with one attached hydrogen (secondary N) is 1. The van der Waals surface area contributed by atoms with Gasteiger partial charge in [0.2, 0.25) is 5.91 Å². The Balaban J connectivity index is 2.31. The molecule has 1 amide bonds. The van der Waals surface area contributed by atoms with Crippen molar-refractivity contribution in [3.63, 3.8) is 0 Å². The summed E-state index contributed by atoms with van der Waals surface area (Å²) in [6.45, 7) is 0.0737. The number of carbonyl (C=O) groups is 2. The van der Waals surface area contributed by atoms with Crippen molar-refractivity contribution in [2.75, 3.05) is 6.54 Å². The molecule has 0 saturated heterocycles. The summed E-state index contributed by atoms with van der Waals surface area (Å²) in [5, 5.41) is 10.8. The molecule has 19 heavy (non-hydrogen) atoms. The molecule has 4 nitrogen and oxygen atoms in total. The van der Waals surface area contributed by atoms with Crippen LogP contribution in [0.4, 0.5) is 13.2 Å². The molecule has 0 aromatic rings. The fraction of sp³-hybridized carbons (Fsp3) is 0.667. The van der Waals surface area contributed by atoms with Gasteiger partial charge in [0.05, 0.1) is 5.92 Å². The average Bonchev–Trinajstić information content (AvgIpc) is 2.33. The Morgan fingerprint density at radius 1 is 1.21 bits per heavy atom. The fourth-order valence-corrected chi connectivity index (χ4v) is 2.15. The van der Waals surface area contributed by atoms with Crippen LogP contribution in [0, 0.1) is 11.8 Å². The average molecular weight is 279 g/mol. The van der Waals surface area contributed by atoms with Crippen LogP contribution in [0.2, 0.25) is 0 Å². The number of carboxylic acid groups (broad SMARTS) is 1. The Hall–Kier alpha value is -1.53. The topological polar surface area (TPSA) is 66.4 Å². The zero-order valence-corrected chi connectivity index (χ0v) is 10.2. The molecule has 0 bridgehead atoms. The molecule has 1 aliphatic carbocycles. The van der Waals surface area contributed by atoms with Crippen molar-refractivity contribution in [3.8, 4) is 0 Å². The SMILES string of the molecule is O=C(O)/C=C/CNC(=O)C1CCC(C(F)(F)F)CC1. The number of halogens is 3. The van der Waals surface area contributed by atoms with E-state index in [4.69, 9.17) is 5.11 Å². The quantitative estimate of drug-likeness (QED) is 0.775. The zero-order chi connectivity index (χ0) is 14.5. The van der Waals surface area contributed by atoms with Gasteiger partial charge in [0.1, 0.15) is 0 Å². The zero-order valence-electron chi connectivity index (χ0n) is 10.2. The molecule has 0 aromatic carbocycles. The van der Waals surface area contributed by atoms with Crippen LogP contribution in [0.5, 0.6) is 0 Å². The van der Waals surface area contributed by atoms with E-state index in [9.17, 15) is 22.8 Å². The normalized spacial score (nSPS) is 24.4. The highest BCUT2D eigenvalue weighted by Gasteiger charge is 2.42. The van der Waals surface area contributed by atoms with Crippen LogP contribution in [-0.4, -0.2) is 29.7 Å². The Bertz CT molecular complexity index is 358. The number of hydrogen-bond acceptors (Lipinski definition) is 2. The van der Waals surface area contributed by atoms with E-state index in [1.54, 1.807) is 0 Å². The lowest BCUT2D eigenvalue weighted by atomic mass is 9.81. The van der Waals surface area contributed by atoms with Gasteiger partial charge in [-0.1, -0.05) is 6.08 Å². The number of alkyl halides is 3. The van der Waals surface area contributed by atoms with Gasteiger partial charge in [-0.25, -0.2) is 4.79 Å². The highest BCUT2D eigenvalue weighted by molar-refractivity contribution is 5.80. The molecular formula is C12H16F3NO3. The van der Waals surface area contributed by atoms with E-state index in [2.05, 4.69) is 5.32 Å². The highest BCUT2D eigenvalue weighted by atomic mass is 19.4. The van der Waals surface area contributed by atoms with Crippen molar-refractivity contribution in [1.29, 1.82) is 0 Å². The van der Waals surface area contributed by atoms with Gasteiger partial charge in [0, 0.05) is 18.5 Å². The van der Waals surface area contributed by atoms with Gasteiger partial charge in [0.25, 0.3) is 0 Å². The first kappa shape index (κ1) is 15.5. The van der Waals surface area contributed by atoms with Gasteiger partial charge in [-0.15, -0.1) is 0 Å². The number of hydrogen-bond donors (Lipinski definition) is 2. The minimum atomic E-state index is -4.17. The minimum Gasteiger partial charge on any atom is -0.478 e. The van der Waals surface area contributed by atoms with Crippen LogP contribution in [0.3, 0.4) is 0 Å². The first-order valence-electron chi connectivity index (χ1n) is 6.04. The molecule has 0 aromatic heterocycles. The second-order valence-corrected chi connectivity index (χ2v) is 4.58. The summed E-state index contributed by atoms with van der Waals surface area (Å²) in [7, 11) is 0. The van der Waals surface area contributed by atoms with Gasteiger partial charge in [-0.2, -0.15) is 13.2 Å². The van der Waals surface area contributed by atoms with Crippen LogP contribution in [-0.2, 0) is 9.59 Å². The van der Waals surface area contributed by atoms with Gasteiger partial charge in [-0.3, -0.25) is 4.79 Å². The van der Waals surface area contributed by atoms with Crippen molar-refractivity contribution < 1.29 is 27.9 Å². The van der Waals surface area contributed by atoms with Crippen molar-refractivity contribution in [1.82, 2.24) is 5.32 Å². The maximum Gasteiger partial charge on any atom is 0.391 e. The van der Waals surface area contributed by atoms with E-state index in [0.717, 1.165) is 6.08 Å². The number of carbonyl (C=O) groups excluding carboxylic acids is 1. The second kappa shape index (κ2) is 6.58. The Kier molecular flexibility index (Phi) is 5.38. The van der Waals surface area contributed by atoms with E-state index in [1.165, 1.54) is 6.08 Å². The molecule has 1 rings (SSSR count). The first-order chi connectivity index (χ1) is 8.80. The molecule has 0 radical (unpaired) electrons. The third-order valence-corrected chi connectivity index (χ3v) is 3.22. The highest BCUT2D eigenvalue weighted by Crippen LogP contribution is 2.39. The minimum absolute atomic E-state index is 0.0213. The van der Waals surface area contributed by atoms with Crippen LogP contribution in [0.1, 0.15) is 25.7 Å². The van der Waals surface area contributed by atoms with Crippen molar-refractivity contribution in [3.05, 3.63) is 12.2 Å². The molecule has 0 heterocycles. The Labute approximate surface area is 108 Å². The van der Waals surface area contributed by atoms with Crippen LogP contribution < -0.4 is 5.32 Å². The molecule has 1 aliphatic rings. The molecule has 108 valence electrons. The lowest BCUT2D eigenvalue weighted by molar-refractivity contribution is -0.184. The summed E-state index contributed by atoms with van der Waals surface area (Å²) in [5.41, 5.74) is 0. The van der Waals surface area contributed by atoms with Crippen LogP contribution >= 0.6 is 0 Å². The fourth-order valence-electron chi connectivity index (χ4n) is 2.15. The number of rotatable bonds is 4. The lowest BCUT2D eigenvalue weighted by Gasteiger charge is -2.28. The second-order valence-electron chi connectivity index (χ2n) is 4.58. The maximum absolute atomic E-state index is 12.4. The van der Waals surface area contributed by atoms with E-state index in [1.807, 2.05) is 0 Å². The summed E-state index contributed by atoms with van der Waals surface area (Å²) in [5.74, 6) is -3.13. The molecule has 1 fully saturated rings. The largest absolute Gasteiger partial charge is 0.478 e. The first-order valence-corrected chi connectivity index (χ1v) is 6.04. The number of aliphatic carboxylic acids is 1. The maximum atomic E-state index is 12.4. The molecule has 7 heteroatoms. The Morgan fingerprint density at radius 3 is 2.26 bits per heavy atom. The molecular weight excluding hydrogens is 263 g/mol. The molecule has 1 saturated carbocycles. The molecule has 0 spiro atoms. The van der Waals surface area contributed by atoms with Gasteiger partial charge < -0.3 is 10.4 Å². The molecule has 0 aliphatic heterocycles. The third-order valence-electron chi connectivity index (χ3n) is 3.22. The van der Waals surface area contributed by atoms with E-state index < -0.39 is 24.0 Å². The number of carboxylic acids is 1. The molecule has 0 atom stereocenters. The summed E-state index contributed by atoms with van der Waals surface area (Å²) in [4.78, 5) is 21.8. The summed E-state index contributed by atoms with van der Waals surface area (Å²) < 4.78 is 37.3. The molecule has 2 N–H and O–H groups in total. The van der Waals surface area contributed by atoms with E-state index in [0.29, 0.717) is 0 Å². The van der Waals surface area contributed by atoms with E-state index in [-0.39, 0.29) is 38.1 Å². The van der Waals surface area contributed by atoms with Crippen molar-refractivity contribution in [2.45, 2.75) is 31.9 Å². The van der Waals surface area contributed by atoms with Crippen molar-refractivity contribution >= 4 is 11.9 Å². The predicted molar refractivity (Wildman–Crippen MR) is 61.3 cm³/mol. The smallest absolute Gasteiger partial charge is 0.391 e. The third kappa shape index (κ3) is 5.32. The van der Waals surface area contributed by atoms with E-state index >= 15 is 0 Å². The predicted octanol–water partition coefficient (Wildman–Crippen LogP) is 2.11. The Morgan fingerprint density at radius 2 is 1.79 bits per heavy atom. The van der Waals surface area contributed by atoms with Crippen molar-refractivity contribution in [2.24, 2.45) is 11.8 Å². The standard InChI is InChI=1S/C12H16F3NO3/c13-12(14,15)9-5-3-8(4-6-9)11(19)16-7-1-2-10(17)18/h1-2,8-9H,3-7H2,(H,16,19)(H,17,18)/b2-1+. The summed E-state index contributed by atoms with van der Waals surface area (Å²) >= 11 is 0. The van der Waals surface area contributed by atoms with Gasteiger partial charge in [0.15, 0.2) is 0 Å². The van der Waals surface area contributed by atoms with Gasteiger partial charge in [-0.05, 0) is 25.7 Å². The lowest BCUT2D eigenvalue weighted by Crippen LogP contribution is -2.36. The summed E-state index contributed by atoms with van der Waals surface area (Å²) in [6, 6.07) is 0. The summed E-state index contributed by atoms with van der Waals surface area (Å²) in [6.07, 6.45) is -1.59. The van der Waals surface area contributed by atoms with Gasteiger partial charge >= 0.3 is 12.1 Å². The monoisotopic (exact) mass is 279 g/mol. The molecule has 0 unspecified atom stereocenters. The van der Waals surface area contributed by atoms with Crippen LogP contribution in [0.25, 0.3) is 0 Å². The number of amides is 1. The van der Waals surface area contributed by atoms with Crippen LogP contribution in [0.15, 0.2) is 12.2 Å².